The van der Waals surface area contributed by atoms with Crippen LogP contribution in [0.1, 0.15) is 29.3 Å². The summed E-state index contributed by atoms with van der Waals surface area (Å²) in [6, 6.07) is 6.26. The maximum atomic E-state index is 13.0. The minimum absolute atomic E-state index is 0.0633. The third-order valence-electron chi connectivity index (χ3n) is 3.90. The number of rotatable bonds is 4. The molecule has 1 atom stereocenters. The van der Waals surface area contributed by atoms with Gasteiger partial charge in [-0.15, -0.1) is 11.3 Å². The summed E-state index contributed by atoms with van der Waals surface area (Å²) in [7, 11) is 0. The molecule has 1 unspecified atom stereocenters. The normalized spacial score (nSPS) is 18.2. The van der Waals surface area contributed by atoms with Gasteiger partial charge in [-0.25, -0.2) is 9.37 Å². The van der Waals surface area contributed by atoms with Crippen molar-refractivity contribution in [2.24, 2.45) is 0 Å². The van der Waals surface area contributed by atoms with Gasteiger partial charge in [0, 0.05) is 11.9 Å². The lowest BCUT2D eigenvalue weighted by Gasteiger charge is -2.33. The zero-order chi connectivity index (χ0) is 16.2. The molecule has 122 valence electrons. The zero-order valence-corrected chi connectivity index (χ0v) is 13.8. The van der Waals surface area contributed by atoms with E-state index in [-0.39, 0.29) is 17.8 Å². The third-order valence-corrected chi connectivity index (χ3v) is 4.94. The van der Waals surface area contributed by atoms with E-state index in [9.17, 15) is 9.18 Å². The predicted molar refractivity (Wildman–Crippen MR) is 86.9 cm³/mol. The summed E-state index contributed by atoms with van der Waals surface area (Å²) < 4.78 is 18.7. The summed E-state index contributed by atoms with van der Waals surface area (Å²) >= 11 is 1.59. The highest BCUT2D eigenvalue weighted by atomic mass is 32.1. The molecule has 0 aliphatic carbocycles. The van der Waals surface area contributed by atoms with Crippen LogP contribution in [0.4, 0.5) is 4.39 Å². The van der Waals surface area contributed by atoms with Crippen LogP contribution >= 0.6 is 11.3 Å². The molecule has 1 aliphatic rings. The number of hydrogen-bond donors (Lipinski definition) is 0. The Kier molecular flexibility index (Phi) is 5.03. The monoisotopic (exact) mass is 334 g/mol. The van der Waals surface area contributed by atoms with Crippen molar-refractivity contribution in [3.05, 3.63) is 51.7 Å². The van der Waals surface area contributed by atoms with Crippen LogP contribution in [0.15, 0.2) is 29.6 Å². The molecule has 1 aromatic carbocycles. The summed E-state index contributed by atoms with van der Waals surface area (Å²) in [6.45, 7) is 3.63. The molecule has 1 aliphatic heterocycles. The van der Waals surface area contributed by atoms with Crippen molar-refractivity contribution >= 4 is 17.2 Å². The lowest BCUT2D eigenvalue weighted by atomic mass is 10.1. The number of nitrogens with zero attached hydrogens (tertiary/aromatic N) is 2. The molecular weight excluding hydrogens is 315 g/mol. The summed E-state index contributed by atoms with van der Waals surface area (Å²) in [6.07, 6.45) is 1.02. The third kappa shape index (κ3) is 3.95. The fraction of sp³-hybridized carbons (Fsp3) is 0.412. The number of benzene rings is 1. The van der Waals surface area contributed by atoms with Gasteiger partial charge < -0.3 is 9.64 Å². The first-order chi connectivity index (χ1) is 11.2. The largest absolute Gasteiger partial charge is 0.370 e. The molecule has 1 amide bonds. The van der Waals surface area contributed by atoms with Gasteiger partial charge in [0.25, 0.3) is 0 Å². The summed E-state index contributed by atoms with van der Waals surface area (Å²) in [5, 5.41) is 3.01. The molecular formula is C17H19FN2O2S. The van der Waals surface area contributed by atoms with E-state index in [1.165, 1.54) is 12.1 Å². The number of hydrogen-bond acceptors (Lipinski definition) is 4. The number of amides is 1. The van der Waals surface area contributed by atoms with Crippen LogP contribution in [-0.4, -0.2) is 35.5 Å². The van der Waals surface area contributed by atoms with Crippen molar-refractivity contribution in [1.29, 1.82) is 0 Å². The molecule has 0 spiro atoms. The number of thiazole rings is 1. The minimum Gasteiger partial charge on any atom is -0.370 e. The van der Waals surface area contributed by atoms with Crippen LogP contribution in [0, 0.1) is 5.82 Å². The molecule has 1 aromatic heterocycles. The van der Waals surface area contributed by atoms with Crippen molar-refractivity contribution < 1.29 is 13.9 Å². The van der Waals surface area contributed by atoms with Gasteiger partial charge in [-0.05, 0) is 24.1 Å². The Morgan fingerprint density at radius 3 is 2.91 bits per heavy atom. The molecule has 2 heterocycles. The van der Waals surface area contributed by atoms with Crippen molar-refractivity contribution in [1.82, 2.24) is 9.88 Å². The number of carbonyl (C=O) groups is 1. The number of carbonyl (C=O) groups excluding carboxylic acids is 1. The maximum absolute atomic E-state index is 13.0. The van der Waals surface area contributed by atoms with Gasteiger partial charge >= 0.3 is 0 Å². The smallest absolute Gasteiger partial charge is 0.228 e. The first kappa shape index (κ1) is 16.1. The summed E-state index contributed by atoms with van der Waals surface area (Å²) in [5.74, 6) is -0.207. The fourth-order valence-electron chi connectivity index (χ4n) is 2.61. The number of morpholine rings is 1. The van der Waals surface area contributed by atoms with E-state index < -0.39 is 0 Å². The van der Waals surface area contributed by atoms with E-state index in [0.29, 0.717) is 26.1 Å². The molecule has 23 heavy (non-hydrogen) atoms. The average molecular weight is 334 g/mol. The Hall–Kier alpha value is -1.79. The first-order valence-corrected chi connectivity index (χ1v) is 8.61. The van der Waals surface area contributed by atoms with Crippen LogP contribution in [0.2, 0.25) is 0 Å². The number of ether oxygens (including phenoxy) is 1. The van der Waals surface area contributed by atoms with Gasteiger partial charge in [-0.1, -0.05) is 19.1 Å². The Labute approximate surface area is 138 Å². The van der Waals surface area contributed by atoms with Gasteiger partial charge in [-0.3, -0.25) is 4.79 Å². The summed E-state index contributed by atoms with van der Waals surface area (Å²) in [4.78, 5) is 18.7. The second-order valence-electron chi connectivity index (χ2n) is 5.51. The molecule has 0 radical (unpaired) electrons. The Morgan fingerprint density at radius 1 is 1.43 bits per heavy atom. The molecule has 3 rings (SSSR count). The van der Waals surface area contributed by atoms with E-state index in [1.807, 2.05) is 10.3 Å². The number of halogens is 1. The standard InChI is InChI=1S/C17H19FN2O2S/c1-2-16-19-14(11-23-16)9-17(21)20-7-8-22-15(10-20)12-3-5-13(18)6-4-12/h3-6,11,15H,2,7-10H2,1H3. The van der Waals surface area contributed by atoms with Crippen LogP contribution in [0.3, 0.4) is 0 Å². The SMILES string of the molecule is CCc1nc(CC(=O)N2CCOC(c3ccc(F)cc3)C2)cs1. The Morgan fingerprint density at radius 2 is 2.22 bits per heavy atom. The van der Waals surface area contributed by atoms with Crippen molar-refractivity contribution in [2.45, 2.75) is 25.9 Å². The first-order valence-electron chi connectivity index (χ1n) is 7.74. The molecule has 1 saturated heterocycles. The lowest BCUT2D eigenvalue weighted by molar-refractivity contribution is -0.138. The van der Waals surface area contributed by atoms with Crippen LogP contribution in [0.25, 0.3) is 0 Å². The summed E-state index contributed by atoms with van der Waals surface area (Å²) in [5.41, 5.74) is 1.73. The van der Waals surface area contributed by atoms with Gasteiger partial charge in [0.15, 0.2) is 0 Å². The lowest BCUT2D eigenvalue weighted by Crippen LogP contribution is -2.43. The highest BCUT2D eigenvalue weighted by Crippen LogP contribution is 2.23. The van der Waals surface area contributed by atoms with Crippen LogP contribution < -0.4 is 0 Å². The van der Waals surface area contributed by atoms with Gasteiger partial charge in [0.2, 0.25) is 5.91 Å². The highest BCUT2D eigenvalue weighted by Gasteiger charge is 2.25. The van der Waals surface area contributed by atoms with Crippen molar-refractivity contribution in [3.63, 3.8) is 0 Å². The van der Waals surface area contributed by atoms with Gasteiger partial charge in [-0.2, -0.15) is 0 Å². The highest BCUT2D eigenvalue weighted by molar-refractivity contribution is 7.09. The fourth-order valence-corrected chi connectivity index (χ4v) is 3.36. The van der Waals surface area contributed by atoms with Gasteiger partial charge in [0.1, 0.15) is 11.9 Å². The van der Waals surface area contributed by atoms with E-state index in [2.05, 4.69) is 11.9 Å². The van der Waals surface area contributed by atoms with Crippen molar-refractivity contribution in [3.8, 4) is 0 Å². The van der Waals surface area contributed by atoms with E-state index in [1.54, 1.807) is 23.5 Å². The quantitative estimate of drug-likeness (QED) is 0.863. The number of aromatic nitrogens is 1. The topological polar surface area (TPSA) is 42.4 Å². The number of aryl methyl sites for hydroxylation is 1. The second kappa shape index (κ2) is 7.19. The average Bonchev–Trinajstić information content (AvgIpc) is 3.03. The van der Waals surface area contributed by atoms with E-state index in [0.717, 1.165) is 22.7 Å². The maximum Gasteiger partial charge on any atom is 0.228 e. The predicted octanol–water partition coefficient (Wildman–Crippen LogP) is 2.99. The molecule has 0 saturated carbocycles. The molecule has 6 heteroatoms. The van der Waals surface area contributed by atoms with Crippen LogP contribution in [-0.2, 0) is 22.4 Å². The van der Waals surface area contributed by atoms with Crippen molar-refractivity contribution in [2.75, 3.05) is 19.7 Å². The second-order valence-corrected chi connectivity index (χ2v) is 6.46. The van der Waals surface area contributed by atoms with Gasteiger partial charge in [0.05, 0.1) is 30.3 Å². The minimum atomic E-state index is -0.271. The molecule has 2 aromatic rings. The molecule has 4 nitrogen and oxygen atoms in total. The van der Waals surface area contributed by atoms with Crippen LogP contribution in [0.5, 0.6) is 0 Å². The Bertz CT molecular complexity index is 671. The molecule has 1 fully saturated rings. The Balaban J connectivity index is 1.63. The van der Waals surface area contributed by atoms with E-state index >= 15 is 0 Å². The molecule has 0 N–H and O–H groups in total. The molecule has 0 bridgehead atoms. The van der Waals surface area contributed by atoms with E-state index in [4.69, 9.17) is 4.74 Å². The zero-order valence-electron chi connectivity index (χ0n) is 13.0.